The molecule has 11 heteroatoms. The number of benzene rings is 4. The van der Waals surface area contributed by atoms with E-state index in [1.165, 1.54) is 27.2 Å². The van der Waals surface area contributed by atoms with Crippen LogP contribution in [0.1, 0.15) is 91.7 Å². The molecule has 0 aromatic heterocycles. The number of carbonyl (C=O) groups excluding carboxylic acids is 1. The van der Waals surface area contributed by atoms with Crippen LogP contribution in [0.4, 0.5) is 5.69 Å². The zero-order chi connectivity index (χ0) is 38.1. The quantitative estimate of drug-likeness (QED) is 0.0557. The molecule has 0 aliphatic carbocycles. The summed E-state index contributed by atoms with van der Waals surface area (Å²) in [7, 11) is -4.61. The molecule has 0 fully saturated rings. The first-order valence-electron chi connectivity index (χ1n) is 16.9. The van der Waals surface area contributed by atoms with E-state index in [9.17, 15) is 33.0 Å². The monoisotopic (exact) mass is 718 g/mol. The molecule has 0 bridgehead atoms. The average Bonchev–Trinajstić information content (AvgIpc) is 3.04. The van der Waals surface area contributed by atoms with E-state index in [0.717, 1.165) is 61.4 Å². The third-order valence-corrected chi connectivity index (χ3v) is 9.42. The van der Waals surface area contributed by atoms with Crippen LogP contribution in [0.5, 0.6) is 5.75 Å². The molecular formula is C40H50N2O8S. The Kier molecular flexibility index (Phi) is 13.7. The minimum atomic E-state index is -4.61. The van der Waals surface area contributed by atoms with Gasteiger partial charge >= 0.3 is 5.97 Å². The molecule has 4 aromatic rings. The lowest BCUT2D eigenvalue weighted by Gasteiger charge is -2.28. The summed E-state index contributed by atoms with van der Waals surface area (Å²) in [5.41, 5.74) is 6.33. The number of phenols is 1. The molecule has 0 radical (unpaired) electrons. The number of nitrogens with zero attached hydrogens (tertiary/aromatic N) is 1. The number of nitro benzene ring substituents is 1. The summed E-state index contributed by atoms with van der Waals surface area (Å²) in [5.74, 6) is -0.0615. The van der Waals surface area contributed by atoms with E-state index in [-0.39, 0.29) is 22.5 Å². The number of aryl methyl sites for hydroxylation is 2. The molecule has 0 heterocycles. The fourth-order valence-corrected chi connectivity index (χ4v) is 6.12. The minimum Gasteiger partial charge on any atom is -0.744 e. The number of nitrogens with one attached hydrogen (secondary N) is 1. The second-order valence-corrected chi connectivity index (χ2v) is 16.2. The second kappa shape index (κ2) is 17.1. The summed E-state index contributed by atoms with van der Waals surface area (Å²) < 4.78 is 37.1. The highest BCUT2D eigenvalue weighted by Gasteiger charge is 2.28. The average molecular weight is 719 g/mol. The summed E-state index contributed by atoms with van der Waals surface area (Å²) in [6.45, 7) is 19.7. The van der Waals surface area contributed by atoms with Gasteiger partial charge in [-0.1, -0.05) is 96.1 Å². The van der Waals surface area contributed by atoms with Crippen LogP contribution in [0.25, 0.3) is 0 Å². The summed E-state index contributed by atoms with van der Waals surface area (Å²) >= 11 is 0. The molecule has 10 nitrogen and oxygen atoms in total. The van der Waals surface area contributed by atoms with Crippen molar-refractivity contribution in [2.75, 3.05) is 13.2 Å². The summed E-state index contributed by atoms with van der Waals surface area (Å²) in [6.07, 6.45) is 0.773. The van der Waals surface area contributed by atoms with E-state index in [2.05, 4.69) is 62.4 Å². The molecule has 4 rings (SSSR count). The Bertz CT molecular complexity index is 1860. The number of phenolic OH excluding ortho intramolecular Hbond substituents is 1. The van der Waals surface area contributed by atoms with Crippen molar-refractivity contribution in [2.45, 2.75) is 90.6 Å². The number of aromatic hydroxyl groups is 1. The van der Waals surface area contributed by atoms with Gasteiger partial charge in [-0.15, -0.1) is 0 Å². The van der Waals surface area contributed by atoms with Gasteiger partial charge in [-0.05, 0) is 54.0 Å². The van der Waals surface area contributed by atoms with Gasteiger partial charge in [0.2, 0.25) is 0 Å². The third kappa shape index (κ3) is 12.0. The van der Waals surface area contributed by atoms with Gasteiger partial charge in [0.1, 0.15) is 29.0 Å². The van der Waals surface area contributed by atoms with E-state index in [0.29, 0.717) is 12.2 Å². The van der Waals surface area contributed by atoms with Gasteiger partial charge < -0.3 is 19.3 Å². The zero-order valence-corrected chi connectivity index (χ0v) is 31.6. The lowest BCUT2D eigenvalue weighted by Crippen LogP contribution is -3.09. The van der Waals surface area contributed by atoms with Gasteiger partial charge in [0.15, 0.2) is 0 Å². The number of ether oxygens (including phenoxy) is 1. The maximum absolute atomic E-state index is 13.1. The van der Waals surface area contributed by atoms with Crippen molar-refractivity contribution in [1.82, 2.24) is 0 Å². The largest absolute Gasteiger partial charge is 0.744 e. The molecule has 0 spiro atoms. The summed E-state index contributed by atoms with van der Waals surface area (Å²) in [4.78, 5) is 23.4. The number of esters is 1. The van der Waals surface area contributed by atoms with Gasteiger partial charge in [-0.25, -0.2) is 13.2 Å². The highest BCUT2D eigenvalue weighted by atomic mass is 32.2. The van der Waals surface area contributed by atoms with E-state index < -0.39 is 25.6 Å². The van der Waals surface area contributed by atoms with Crippen molar-refractivity contribution < 1.29 is 37.4 Å². The van der Waals surface area contributed by atoms with Crippen LogP contribution in [-0.2, 0) is 38.8 Å². The van der Waals surface area contributed by atoms with Gasteiger partial charge in [-0.2, -0.15) is 0 Å². The zero-order valence-electron chi connectivity index (χ0n) is 30.8. The molecule has 0 saturated carbocycles. The molecule has 0 saturated heterocycles. The third-order valence-electron chi connectivity index (χ3n) is 8.59. The smallest absolute Gasteiger partial charge is 0.338 e. The normalized spacial score (nSPS) is 11.9. The van der Waals surface area contributed by atoms with Gasteiger partial charge in [0, 0.05) is 40.8 Å². The predicted molar refractivity (Wildman–Crippen MR) is 197 cm³/mol. The molecule has 0 atom stereocenters. The Hall–Kier alpha value is -4.58. The van der Waals surface area contributed by atoms with Crippen LogP contribution in [0, 0.1) is 24.0 Å². The molecule has 274 valence electrons. The maximum atomic E-state index is 13.1. The molecule has 51 heavy (non-hydrogen) atoms. The van der Waals surface area contributed by atoms with Crippen molar-refractivity contribution in [1.29, 1.82) is 0 Å². The summed E-state index contributed by atoms with van der Waals surface area (Å²) in [5, 5.41) is 21.2. The Morgan fingerprint density at radius 2 is 1.29 bits per heavy atom. The number of hydrogen-bond donors (Lipinski definition) is 2. The highest BCUT2D eigenvalue weighted by molar-refractivity contribution is 7.85. The number of hydrogen-bond acceptors (Lipinski definition) is 8. The van der Waals surface area contributed by atoms with E-state index >= 15 is 0 Å². The Balaban J connectivity index is 0.000000453. The van der Waals surface area contributed by atoms with Crippen molar-refractivity contribution in [3.63, 3.8) is 0 Å². The van der Waals surface area contributed by atoms with Crippen molar-refractivity contribution in [3.8, 4) is 5.75 Å². The molecule has 4 aromatic carbocycles. The fourth-order valence-electron chi connectivity index (χ4n) is 5.61. The first-order valence-corrected chi connectivity index (χ1v) is 18.3. The fraction of sp³-hybridized carbons (Fsp3) is 0.375. The SMILES string of the molecule is Cc1ccccc1C[NH+](CCCOC(=O)c1cc(C(C)(C)C)c(O)c(C(C)(C)C)c1)Cc1ccccc1C.O=[N+]([O-])c1cccc(S(=O)(=O)[O-])c1. The van der Waals surface area contributed by atoms with Gasteiger partial charge in [0.25, 0.3) is 5.69 Å². The van der Waals surface area contributed by atoms with Crippen LogP contribution in [0.3, 0.4) is 0 Å². The van der Waals surface area contributed by atoms with E-state index in [1.807, 2.05) is 41.5 Å². The summed E-state index contributed by atoms with van der Waals surface area (Å²) in [6, 6.07) is 24.7. The number of rotatable bonds is 11. The molecule has 0 amide bonds. The highest BCUT2D eigenvalue weighted by Crippen LogP contribution is 2.40. The molecule has 0 unspecified atom stereocenters. The van der Waals surface area contributed by atoms with Crippen molar-refractivity contribution in [2.24, 2.45) is 0 Å². The van der Waals surface area contributed by atoms with Crippen LogP contribution >= 0.6 is 0 Å². The van der Waals surface area contributed by atoms with Crippen LogP contribution in [0.2, 0.25) is 0 Å². The van der Waals surface area contributed by atoms with Crippen molar-refractivity contribution in [3.05, 3.63) is 134 Å². The maximum Gasteiger partial charge on any atom is 0.338 e. The number of nitro groups is 1. The molecule has 2 N–H and O–H groups in total. The Morgan fingerprint density at radius 3 is 1.73 bits per heavy atom. The molecule has 0 aliphatic heterocycles. The van der Waals surface area contributed by atoms with Crippen LogP contribution in [-0.4, -0.2) is 42.1 Å². The predicted octanol–water partition coefficient (Wildman–Crippen LogP) is 6.94. The number of non-ortho nitro benzene ring substituents is 1. The molecular weight excluding hydrogens is 669 g/mol. The molecule has 0 aliphatic rings. The topological polar surface area (TPSA) is 151 Å². The number of carbonyl (C=O) groups is 1. The van der Waals surface area contributed by atoms with Crippen LogP contribution in [0.15, 0.2) is 89.8 Å². The van der Waals surface area contributed by atoms with Crippen molar-refractivity contribution >= 4 is 21.8 Å². The Morgan fingerprint density at radius 1 is 0.804 bits per heavy atom. The van der Waals surface area contributed by atoms with E-state index in [4.69, 9.17) is 4.74 Å². The van der Waals surface area contributed by atoms with Gasteiger partial charge in [-0.3, -0.25) is 10.1 Å². The minimum absolute atomic E-state index is 0.271. The Labute approximate surface area is 302 Å². The van der Waals surface area contributed by atoms with E-state index in [1.54, 1.807) is 12.1 Å². The lowest BCUT2D eigenvalue weighted by atomic mass is 9.78. The van der Waals surface area contributed by atoms with Gasteiger partial charge in [0.05, 0.1) is 28.5 Å². The second-order valence-electron chi connectivity index (χ2n) is 14.8. The first kappa shape index (κ1) is 40.8. The van der Waals surface area contributed by atoms with Crippen LogP contribution < -0.4 is 4.90 Å². The lowest BCUT2D eigenvalue weighted by molar-refractivity contribution is -0.927. The first-order chi connectivity index (χ1) is 23.7. The standard InChI is InChI=1S/C34H45NO3.C6H5NO5S/c1-24-14-9-11-16-26(24)22-35(23-27-17-12-10-15-25(27)2)18-13-19-38-32(37)28-20-29(33(3,4)5)31(36)30(21-28)34(6,7)8;8-7(9)5-2-1-3-6(4-5)13(10,11)12/h9-12,14-17,20-21,36H,13,18-19,22-23H2,1-8H3;1-4H,(H,10,11,12). The number of quaternary nitrogens is 1.